The molecule has 0 radical (unpaired) electrons. The molecule has 1 aliphatic rings. The molecule has 0 N–H and O–H groups in total. The minimum atomic E-state index is -0.153. The predicted octanol–water partition coefficient (Wildman–Crippen LogP) is 14.7. The first-order valence-corrected chi connectivity index (χ1v) is 21.3. The smallest absolute Gasteiger partial charge is 0.221 e. The maximum absolute atomic E-state index is 5.50. The summed E-state index contributed by atoms with van der Waals surface area (Å²) >= 11 is 0. The molecular formula is C57H39N5. The number of hydrogen-bond donors (Lipinski definition) is 0. The Morgan fingerprint density at radius 3 is 1.87 bits per heavy atom. The molecule has 0 aliphatic heterocycles. The average molecular weight is 794 g/mol. The Morgan fingerprint density at radius 1 is 0.435 bits per heavy atom. The van der Waals surface area contributed by atoms with Crippen molar-refractivity contribution in [1.82, 2.24) is 18.9 Å². The first kappa shape index (κ1) is 34.8. The Kier molecular flexibility index (Phi) is 7.29. The number of hydrogen-bond acceptors (Lipinski definition) is 3. The van der Waals surface area contributed by atoms with Crippen molar-refractivity contribution in [2.45, 2.75) is 19.3 Å². The van der Waals surface area contributed by atoms with Gasteiger partial charge in [0.15, 0.2) is 0 Å². The SMILES string of the molecule is CC1(C)c2ccccc2-c2ccc(N(c3ccc(-c4ccccc4)cc3)c3cc4c5ccccc5n(-c5nc6ccccc6c6nc7ccccc7n56)c4c4ccccc34)cc21. The predicted molar refractivity (Wildman–Crippen MR) is 258 cm³/mol. The molecule has 13 rings (SSSR count). The summed E-state index contributed by atoms with van der Waals surface area (Å²) in [6, 6.07) is 72.5. The maximum atomic E-state index is 5.50. The van der Waals surface area contributed by atoms with E-state index in [1.54, 1.807) is 0 Å². The quantitative estimate of drug-likeness (QED) is 0.174. The van der Waals surface area contributed by atoms with Gasteiger partial charge in [-0.25, -0.2) is 9.97 Å². The number of rotatable bonds is 5. The third kappa shape index (κ3) is 4.90. The van der Waals surface area contributed by atoms with Gasteiger partial charge in [0.05, 0.1) is 33.3 Å². The van der Waals surface area contributed by atoms with E-state index in [0.29, 0.717) is 0 Å². The molecule has 0 amide bonds. The summed E-state index contributed by atoms with van der Waals surface area (Å²) in [5.41, 5.74) is 16.8. The lowest BCUT2D eigenvalue weighted by molar-refractivity contribution is 0.660. The summed E-state index contributed by atoms with van der Waals surface area (Å²) in [6.07, 6.45) is 0. The lowest BCUT2D eigenvalue weighted by atomic mass is 9.82. The molecular weight excluding hydrogens is 755 g/mol. The van der Waals surface area contributed by atoms with Crippen molar-refractivity contribution in [2.75, 3.05) is 4.90 Å². The van der Waals surface area contributed by atoms with Crippen LogP contribution in [0.2, 0.25) is 0 Å². The molecule has 0 saturated carbocycles. The molecule has 3 aromatic heterocycles. The Morgan fingerprint density at radius 2 is 1.05 bits per heavy atom. The van der Waals surface area contributed by atoms with Crippen LogP contribution >= 0.6 is 0 Å². The molecule has 3 heterocycles. The van der Waals surface area contributed by atoms with Gasteiger partial charge in [0.1, 0.15) is 5.65 Å². The number of aromatic nitrogens is 4. The molecule has 5 nitrogen and oxygen atoms in total. The lowest BCUT2D eigenvalue weighted by Crippen LogP contribution is -2.16. The standard InChI is InChI=1S/C57H39N5/c1-57(2)47-23-11-8-18-40(47)41-33-32-39(34-48(41)57)60(38-30-28-37(29-31-38)36-16-4-3-5-17-36)53-35-46-43-20-10-14-26-51(43)61(54(46)44-21-7-6-19-42(44)53)56-59-49-24-12-9-22-45(49)55-58-50-25-13-15-27-52(50)62(55)56/h3-35H,1-2H3. The zero-order valence-corrected chi connectivity index (χ0v) is 34.3. The molecule has 0 spiro atoms. The van der Waals surface area contributed by atoms with Crippen LogP contribution in [0.25, 0.3) is 88.4 Å². The van der Waals surface area contributed by atoms with Gasteiger partial charge in [0.25, 0.3) is 0 Å². The van der Waals surface area contributed by atoms with Crippen molar-refractivity contribution in [3.05, 3.63) is 211 Å². The van der Waals surface area contributed by atoms with Crippen molar-refractivity contribution < 1.29 is 0 Å². The van der Waals surface area contributed by atoms with Gasteiger partial charge in [-0.2, -0.15) is 0 Å². The largest absolute Gasteiger partial charge is 0.310 e. The summed E-state index contributed by atoms with van der Waals surface area (Å²) in [5.74, 6) is 0.810. The van der Waals surface area contributed by atoms with Crippen LogP contribution in [-0.4, -0.2) is 18.9 Å². The van der Waals surface area contributed by atoms with E-state index in [0.717, 1.165) is 83.2 Å². The normalized spacial score (nSPS) is 13.1. The molecule has 9 aromatic carbocycles. The van der Waals surface area contributed by atoms with Crippen LogP contribution in [-0.2, 0) is 5.41 Å². The van der Waals surface area contributed by atoms with Gasteiger partial charge in [-0.1, -0.05) is 153 Å². The molecule has 0 unspecified atom stereocenters. The first-order valence-electron chi connectivity index (χ1n) is 21.3. The first-order chi connectivity index (χ1) is 30.5. The van der Waals surface area contributed by atoms with Crippen LogP contribution < -0.4 is 4.90 Å². The van der Waals surface area contributed by atoms with Gasteiger partial charge in [-0.05, 0) is 94.0 Å². The summed E-state index contributed by atoms with van der Waals surface area (Å²) in [7, 11) is 0. The second-order valence-electron chi connectivity index (χ2n) is 17.0. The lowest BCUT2D eigenvalue weighted by Gasteiger charge is -2.29. The number of nitrogens with zero attached hydrogens (tertiary/aromatic N) is 5. The minimum absolute atomic E-state index is 0.153. The molecule has 62 heavy (non-hydrogen) atoms. The molecule has 0 bridgehead atoms. The van der Waals surface area contributed by atoms with Crippen molar-refractivity contribution in [3.8, 4) is 28.2 Å². The summed E-state index contributed by atoms with van der Waals surface area (Å²) in [5, 5.41) is 5.62. The molecule has 5 heteroatoms. The zero-order valence-electron chi connectivity index (χ0n) is 34.3. The fourth-order valence-electron chi connectivity index (χ4n) is 10.4. The van der Waals surface area contributed by atoms with Crippen LogP contribution in [0, 0.1) is 0 Å². The second kappa shape index (κ2) is 13.0. The fourth-order valence-corrected chi connectivity index (χ4v) is 10.4. The monoisotopic (exact) mass is 793 g/mol. The highest BCUT2D eigenvalue weighted by atomic mass is 15.2. The third-order valence-electron chi connectivity index (χ3n) is 13.3. The van der Waals surface area contributed by atoms with Crippen molar-refractivity contribution in [1.29, 1.82) is 0 Å². The van der Waals surface area contributed by atoms with E-state index in [4.69, 9.17) is 9.97 Å². The van der Waals surface area contributed by atoms with Gasteiger partial charge in [-0.3, -0.25) is 8.97 Å². The van der Waals surface area contributed by atoms with Gasteiger partial charge < -0.3 is 4.90 Å². The summed E-state index contributed by atoms with van der Waals surface area (Å²) < 4.78 is 4.62. The number of benzene rings is 9. The molecule has 0 fully saturated rings. The van der Waals surface area contributed by atoms with Crippen LogP contribution in [0.5, 0.6) is 0 Å². The van der Waals surface area contributed by atoms with Crippen LogP contribution in [0.15, 0.2) is 200 Å². The number of para-hydroxylation sites is 4. The Labute approximate surface area is 358 Å². The van der Waals surface area contributed by atoms with Crippen molar-refractivity contribution in [3.63, 3.8) is 0 Å². The van der Waals surface area contributed by atoms with E-state index in [1.165, 1.54) is 33.4 Å². The molecule has 0 saturated heterocycles. The topological polar surface area (TPSA) is 38.4 Å². The van der Waals surface area contributed by atoms with E-state index in [2.05, 4.69) is 228 Å². The molecule has 292 valence electrons. The summed E-state index contributed by atoms with van der Waals surface area (Å²) in [4.78, 5) is 13.2. The zero-order chi connectivity index (χ0) is 41.1. The minimum Gasteiger partial charge on any atom is -0.310 e. The van der Waals surface area contributed by atoms with E-state index in [-0.39, 0.29) is 5.41 Å². The molecule has 12 aromatic rings. The van der Waals surface area contributed by atoms with Crippen LogP contribution in [0.4, 0.5) is 17.1 Å². The average Bonchev–Trinajstić information content (AvgIpc) is 3.96. The van der Waals surface area contributed by atoms with E-state index >= 15 is 0 Å². The van der Waals surface area contributed by atoms with Gasteiger partial charge in [0.2, 0.25) is 5.95 Å². The fraction of sp³-hybridized carbons (Fsp3) is 0.0526. The third-order valence-corrected chi connectivity index (χ3v) is 13.3. The molecule has 0 atom stereocenters. The van der Waals surface area contributed by atoms with E-state index in [9.17, 15) is 0 Å². The highest BCUT2D eigenvalue weighted by Crippen LogP contribution is 2.52. The van der Waals surface area contributed by atoms with Gasteiger partial charge >= 0.3 is 0 Å². The Balaban J connectivity index is 1.12. The highest BCUT2D eigenvalue weighted by Gasteiger charge is 2.36. The van der Waals surface area contributed by atoms with Crippen LogP contribution in [0.3, 0.4) is 0 Å². The van der Waals surface area contributed by atoms with Crippen molar-refractivity contribution in [2.24, 2.45) is 0 Å². The number of fused-ring (bicyclic) bond motifs is 13. The van der Waals surface area contributed by atoms with Crippen LogP contribution in [0.1, 0.15) is 25.0 Å². The summed E-state index contributed by atoms with van der Waals surface area (Å²) in [6.45, 7) is 4.72. The van der Waals surface area contributed by atoms with E-state index < -0.39 is 0 Å². The maximum Gasteiger partial charge on any atom is 0.221 e. The van der Waals surface area contributed by atoms with Crippen molar-refractivity contribution >= 4 is 77.2 Å². The number of anilines is 3. The van der Waals surface area contributed by atoms with Gasteiger partial charge in [0, 0.05) is 43.7 Å². The van der Waals surface area contributed by atoms with Gasteiger partial charge in [-0.15, -0.1) is 0 Å². The molecule has 1 aliphatic carbocycles. The Bertz CT molecular complexity index is 3780. The highest BCUT2D eigenvalue weighted by molar-refractivity contribution is 6.22. The Hall–Kier alpha value is -8.02. The second-order valence-corrected chi connectivity index (χ2v) is 17.0. The van der Waals surface area contributed by atoms with E-state index in [1.807, 2.05) is 0 Å². The number of imidazole rings is 1.